The maximum absolute atomic E-state index is 12.5. The Kier molecular flexibility index (Phi) is 7.23. The molecule has 1 aromatic carbocycles. The number of nitrogens with zero attached hydrogens (tertiary/aromatic N) is 3. The van der Waals surface area contributed by atoms with Crippen LogP contribution >= 0.6 is 0 Å². The topological polar surface area (TPSA) is 67.9 Å². The van der Waals surface area contributed by atoms with Crippen LogP contribution in [0.15, 0.2) is 30.3 Å². The number of carbonyl (C=O) groups is 2. The highest BCUT2D eigenvalue weighted by atomic mass is 16.2. The molecule has 0 spiro atoms. The van der Waals surface area contributed by atoms with Crippen LogP contribution in [0.5, 0.6) is 0 Å². The molecule has 1 aliphatic carbocycles. The van der Waals surface area contributed by atoms with E-state index in [1.165, 1.54) is 5.56 Å². The second-order valence-corrected chi connectivity index (χ2v) is 8.82. The molecule has 3 fully saturated rings. The summed E-state index contributed by atoms with van der Waals surface area (Å²) in [5.41, 5.74) is 1.37. The number of amides is 3. The number of hydrogen-bond acceptors (Lipinski definition) is 4. The van der Waals surface area contributed by atoms with Crippen molar-refractivity contribution in [2.45, 2.75) is 50.7 Å². The van der Waals surface area contributed by atoms with Crippen molar-refractivity contribution in [2.24, 2.45) is 0 Å². The van der Waals surface area contributed by atoms with E-state index in [-0.39, 0.29) is 18.0 Å². The third-order valence-corrected chi connectivity index (χ3v) is 6.38. The highest BCUT2D eigenvalue weighted by Crippen LogP contribution is 2.22. The quantitative estimate of drug-likeness (QED) is 0.636. The Morgan fingerprint density at radius 1 is 0.933 bits per heavy atom. The Labute approximate surface area is 179 Å². The number of piperazine rings is 1. The van der Waals surface area contributed by atoms with Gasteiger partial charge in [-0.2, -0.15) is 0 Å². The van der Waals surface area contributed by atoms with Crippen LogP contribution in [-0.4, -0.2) is 84.5 Å². The molecule has 2 saturated heterocycles. The van der Waals surface area contributed by atoms with Crippen molar-refractivity contribution in [3.8, 4) is 0 Å². The van der Waals surface area contributed by atoms with E-state index in [0.717, 1.165) is 71.4 Å². The van der Waals surface area contributed by atoms with Gasteiger partial charge in [0.2, 0.25) is 5.91 Å². The third kappa shape index (κ3) is 5.95. The summed E-state index contributed by atoms with van der Waals surface area (Å²) in [6.45, 7) is 7.71. The molecule has 0 aromatic heterocycles. The summed E-state index contributed by atoms with van der Waals surface area (Å²) in [7, 11) is 0. The molecule has 0 bridgehead atoms. The first-order chi connectivity index (χ1) is 14.7. The van der Waals surface area contributed by atoms with Gasteiger partial charge in [-0.15, -0.1) is 0 Å². The Morgan fingerprint density at radius 3 is 2.40 bits per heavy atom. The van der Waals surface area contributed by atoms with Crippen LogP contribution in [0.2, 0.25) is 0 Å². The first-order valence-corrected chi connectivity index (χ1v) is 11.5. The molecule has 2 N–H and O–H groups in total. The van der Waals surface area contributed by atoms with Crippen molar-refractivity contribution in [3.63, 3.8) is 0 Å². The summed E-state index contributed by atoms with van der Waals surface area (Å²) in [5.74, 6) is 0.0264. The van der Waals surface area contributed by atoms with Crippen molar-refractivity contribution in [1.82, 2.24) is 25.3 Å². The van der Waals surface area contributed by atoms with E-state index >= 15 is 0 Å². The number of rotatable bonds is 8. The van der Waals surface area contributed by atoms with Crippen LogP contribution in [0.4, 0.5) is 4.79 Å². The van der Waals surface area contributed by atoms with Gasteiger partial charge in [0.1, 0.15) is 6.04 Å². The van der Waals surface area contributed by atoms with Crippen molar-refractivity contribution >= 4 is 11.9 Å². The Hall–Kier alpha value is -2.12. The van der Waals surface area contributed by atoms with E-state index in [2.05, 4.69) is 50.8 Å². The number of carbonyl (C=O) groups excluding carboxylic acids is 2. The minimum absolute atomic E-state index is 0.0264. The van der Waals surface area contributed by atoms with Crippen LogP contribution < -0.4 is 10.6 Å². The maximum Gasteiger partial charge on any atom is 0.318 e. The van der Waals surface area contributed by atoms with Gasteiger partial charge in [0.05, 0.1) is 0 Å². The average Bonchev–Trinajstić information content (AvgIpc) is 3.44. The predicted octanol–water partition coefficient (Wildman–Crippen LogP) is 1.65. The minimum Gasteiger partial charge on any atom is -0.352 e. The largest absolute Gasteiger partial charge is 0.352 e. The van der Waals surface area contributed by atoms with Crippen molar-refractivity contribution in [3.05, 3.63) is 35.9 Å². The molecule has 3 aliphatic rings. The number of likely N-dealkylation sites (tertiary alicyclic amines) is 1. The molecule has 30 heavy (non-hydrogen) atoms. The molecule has 1 saturated carbocycles. The molecule has 3 amide bonds. The van der Waals surface area contributed by atoms with Crippen LogP contribution in [0, 0.1) is 0 Å². The second kappa shape index (κ2) is 10.3. The lowest BCUT2D eigenvalue weighted by atomic mass is 10.2. The molecule has 7 heteroatoms. The van der Waals surface area contributed by atoms with Crippen LogP contribution in [0.1, 0.15) is 37.7 Å². The fourth-order valence-electron chi connectivity index (χ4n) is 4.42. The SMILES string of the molecule is O=C(NC1CC1)C1CCCN1C(=O)NCCCN1CCN(Cc2ccccc2)CC1. The fraction of sp³-hybridized carbons (Fsp3) is 0.652. The van der Waals surface area contributed by atoms with Crippen LogP contribution in [0.3, 0.4) is 0 Å². The minimum atomic E-state index is -0.289. The number of hydrogen-bond donors (Lipinski definition) is 2. The van der Waals surface area contributed by atoms with E-state index in [0.29, 0.717) is 19.1 Å². The molecule has 4 rings (SSSR count). The van der Waals surface area contributed by atoms with Gasteiger partial charge < -0.3 is 20.4 Å². The fourth-order valence-corrected chi connectivity index (χ4v) is 4.42. The molecule has 1 atom stereocenters. The molecule has 2 aliphatic heterocycles. The van der Waals surface area contributed by atoms with E-state index in [4.69, 9.17) is 0 Å². The summed E-state index contributed by atoms with van der Waals surface area (Å²) >= 11 is 0. The maximum atomic E-state index is 12.5. The highest BCUT2D eigenvalue weighted by molar-refractivity contribution is 5.88. The van der Waals surface area contributed by atoms with Gasteiger partial charge >= 0.3 is 6.03 Å². The number of nitrogens with one attached hydrogen (secondary N) is 2. The summed E-state index contributed by atoms with van der Waals surface area (Å²) in [6, 6.07) is 10.6. The van der Waals surface area contributed by atoms with Gasteiger partial charge in [-0.25, -0.2) is 4.79 Å². The van der Waals surface area contributed by atoms with Crippen LogP contribution in [0.25, 0.3) is 0 Å². The Balaban J connectivity index is 1.10. The summed E-state index contributed by atoms with van der Waals surface area (Å²) in [5, 5.41) is 6.07. The zero-order valence-corrected chi connectivity index (χ0v) is 17.9. The van der Waals surface area contributed by atoms with Gasteiger partial charge in [0.15, 0.2) is 0 Å². The molecule has 2 heterocycles. The number of urea groups is 1. The monoisotopic (exact) mass is 413 g/mol. The smallest absolute Gasteiger partial charge is 0.318 e. The molecule has 1 unspecified atom stereocenters. The van der Waals surface area contributed by atoms with Gasteiger partial charge in [0, 0.05) is 51.9 Å². The van der Waals surface area contributed by atoms with Crippen molar-refractivity contribution in [1.29, 1.82) is 0 Å². The van der Waals surface area contributed by atoms with Crippen molar-refractivity contribution in [2.75, 3.05) is 45.8 Å². The first kappa shape index (κ1) is 21.1. The van der Waals surface area contributed by atoms with Crippen molar-refractivity contribution < 1.29 is 9.59 Å². The Morgan fingerprint density at radius 2 is 1.67 bits per heavy atom. The van der Waals surface area contributed by atoms with E-state index in [1.54, 1.807) is 4.90 Å². The van der Waals surface area contributed by atoms with Gasteiger partial charge in [-0.05, 0) is 44.2 Å². The zero-order valence-electron chi connectivity index (χ0n) is 17.9. The standard InChI is InChI=1S/C23H35N5O2/c29-22(25-20-9-10-20)21-8-4-13-28(21)23(30)24-11-5-12-26-14-16-27(17-15-26)18-19-6-2-1-3-7-19/h1-3,6-7,20-21H,4-5,8-18H2,(H,24,30)(H,25,29). The Bertz CT molecular complexity index is 701. The number of benzene rings is 1. The molecule has 7 nitrogen and oxygen atoms in total. The van der Waals surface area contributed by atoms with E-state index in [1.807, 2.05) is 0 Å². The average molecular weight is 414 g/mol. The van der Waals surface area contributed by atoms with Gasteiger partial charge in [-0.1, -0.05) is 30.3 Å². The highest BCUT2D eigenvalue weighted by Gasteiger charge is 2.36. The molecule has 0 radical (unpaired) electrons. The lowest BCUT2D eigenvalue weighted by molar-refractivity contribution is -0.124. The van der Waals surface area contributed by atoms with E-state index in [9.17, 15) is 9.59 Å². The zero-order chi connectivity index (χ0) is 20.8. The predicted molar refractivity (Wildman–Crippen MR) is 117 cm³/mol. The molecule has 1 aromatic rings. The lowest BCUT2D eigenvalue weighted by Crippen LogP contribution is -2.50. The lowest BCUT2D eigenvalue weighted by Gasteiger charge is -2.34. The normalized spacial score (nSPS) is 22.8. The first-order valence-electron chi connectivity index (χ1n) is 11.5. The van der Waals surface area contributed by atoms with Gasteiger partial charge in [-0.3, -0.25) is 9.69 Å². The second-order valence-electron chi connectivity index (χ2n) is 8.82. The summed E-state index contributed by atoms with van der Waals surface area (Å²) < 4.78 is 0. The summed E-state index contributed by atoms with van der Waals surface area (Å²) in [6.07, 6.45) is 4.77. The molecule has 164 valence electrons. The molecular formula is C23H35N5O2. The summed E-state index contributed by atoms with van der Waals surface area (Å²) in [4.78, 5) is 31.6. The molecular weight excluding hydrogens is 378 g/mol. The third-order valence-electron chi connectivity index (χ3n) is 6.38. The van der Waals surface area contributed by atoms with Crippen LogP contribution in [-0.2, 0) is 11.3 Å². The van der Waals surface area contributed by atoms with E-state index < -0.39 is 0 Å². The van der Waals surface area contributed by atoms with Gasteiger partial charge in [0.25, 0.3) is 0 Å².